The van der Waals surface area contributed by atoms with Crippen LogP contribution in [-0.4, -0.2) is 18.5 Å². The standard InChI is InChI=1S/C11H13NO.C9H11N.C4H8O2/c1-8(13)12-11-6-5-9-3-2-4-10(9)7-11;10-9-5-4-7-2-1-3-8(7)6-9;1-3-6-4(2)5/h5-7H,2-4H2,1H3,(H,12,13);4-6H,1-3,10H2;3H2,1-2H3. The predicted octanol–water partition coefficient (Wildman–Crippen LogP) is 4.46. The number of benzene rings is 2. The van der Waals surface area contributed by atoms with Crippen molar-refractivity contribution >= 4 is 23.3 Å². The second kappa shape index (κ2) is 11.2. The Hall–Kier alpha value is -2.82. The second-order valence-corrected chi connectivity index (χ2v) is 7.32. The summed E-state index contributed by atoms with van der Waals surface area (Å²) in [6, 6.07) is 12.4. The summed E-state index contributed by atoms with van der Waals surface area (Å²) in [5.41, 5.74) is 13.2. The fraction of sp³-hybridized carbons (Fsp3) is 0.417. The molecule has 0 heterocycles. The van der Waals surface area contributed by atoms with Gasteiger partial charge >= 0.3 is 5.97 Å². The maximum absolute atomic E-state index is 10.8. The summed E-state index contributed by atoms with van der Waals surface area (Å²) >= 11 is 0. The second-order valence-electron chi connectivity index (χ2n) is 7.32. The van der Waals surface area contributed by atoms with Gasteiger partial charge in [-0.2, -0.15) is 0 Å². The van der Waals surface area contributed by atoms with E-state index in [4.69, 9.17) is 5.73 Å². The Kier molecular flexibility index (Phi) is 8.71. The Morgan fingerprint density at radius 1 is 0.897 bits per heavy atom. The quantitative estimate of drug-likeness (QED) is 0.580. The van der Waals surface area contributed by atoms with E-state index in [-0.39, 0.29) is 11.9 Å². The summed E-state index contributed by atoms with van der Waals surface area (Å²) in [4.78, 5) is 20.6. The van der Waals surface area contributed by atoms with E-state index in [1.165, 1.54) is 68.2 Å². The van der Waals surface area contributed by atoms with Crippen LogP contribution in [0.1, 0.15) is 55.9 Å². The molecular formula is C24H32N2O3. The van der Waals surface area contributed by atoms with Crippen LogP contribution in [0.4, 0.5) is 11.4 Å². The van der Waals surface area contributed by atoms with Gasteiger partial charge in [-0.05, 0) is 92.0 Å². The first-order valence-corrected chi connectivity index (χ1v) is 10.3. The number of carbonyl (C=O) groups excluding carboxylic acids is 2. The van der Waals surface area contributed by atoms with E-state index in [9.17, 15) is 9.59 Å². The first-order valence-electron chi connectivity index (χ1n) is 10.3. The zero-order chi connectivity index (χ0) is 21.2. The topological polar surface area (TPSA) is 81.4 Å². The van der Waals surface area contributed by atoms with E-state index >= 15 is 0 Å². The van der Waals surface area contributed by atoms with Crippen molar-refractivity contribution in [1.29, 1.82) is 0 Å². The van der Waals surface area contributed by atoms with Crippen LogP contribution in [0.15, 0.2) is 36.4 Å². The van der Waals surface area contributed by atoms with Crippen LogP contribution in [-0.2, 0) is 40.0 Å². The molecule has 2 aliphatic carbocycles. The molecule has 29 heavy (non-hydrogen) atoms. The molecule has 0 aromatic heterocycles. The number of nitrogens with one attached hydrogen (secondary N) is 1. The van der Waals surface area contributed by atoms with Gasteiger partial charge < -0.3 is 15.8 Å². The van der Waals surface area contributed by atoms with Crippen molar-refractivity contribution in [2.75, 3.05) is 17.7 Å². The van der Waals surface area contributed by atoms with Crippen LogP contribution in [0.3, 0.4) is 0 Å². The SMILES string of the molecule is CC(=O)Nc1ccc2c(c1)CCC2.CCOC(C)=O.Nc1ccc2c(c1)CCC2. The maximum Gasteiger partial charge on any atom is 0.302 e. The fourth-order valence-corrected chi connectivity index (χ4v) is 3.65. The largest absolute Gasteiger partial charge is 0.466 e. The zero-order valence-corrected chi connectivity index (χ0v) is 17.7. The summed E-state index contributed by atoms with van der Waals surface area (Å²) in [5, 5.41) is 2.80. The molecule has 156 valence electrons. The third-order valence-corrected chi connectivity index (χ3v) is 4.89. The van der Waals surface area contributed by atoms with Crippen molar-refractivity contribution in [3.05, 3.63) is 58.7 Å². The van der Waals surface area contributed by atoms with Crippen molar-refractivity contribution in [3.63, 3.8) is 0 Å². The number of aryl methyl sites for hydroxylation is 4. The molecule has 3 N–H and O–H groups in total. The highest BCUT2D eigenvalue weighted by Crippen LogP contribution is 2.25. The lowest BCUT2D eigenvalue weighted by atomic mass is 10.1. The molecule has 0 saturated heterocycles. The molecule has 0 aliphatic heterocycles. The van der Waals surface area contributed by atoms with Crippen molar-refractivity contribution in [1.82, 2.24) is 0 Å². The van der Waals surface area contributed by atoms with Gasteiger partial charge in [-0.25, -0.2) is 0 Å². The Balaban J connectivity index is 0.000000167. The minimum atomic E-state index is -0.211. The lowest BCUT2D eigenvalue weighted by Crippen LogP contribution is -2.05. The lowest BCUT2D eigenvalue weighted by Gasteiger charge is -2.04. The highest BCUT2D eigenvalue weighted by Gasteiger charge is 2.11. The van der Waals surface area contributed by atoms with E-state index in [2.05, 4.69) is 34.3 Å². The average Bonchev–Trinajstić information content (AvgIpc) is 3.30. The molecule has 5 nitrogen and oxygen atoms in total. The number of hydrogen-bond acceptors (Lipinski definition) is 4. The van der Waals surface area contributed by atoms with Gasteiger partial charge in [0.15, 0.2) is 0 Å². The van der Waals surface area contributed by atoms with Gasteiger partial charge in [0.1, 0.15) is 0 Å². The smallest absolute Gasteiger partial charge is 0.302 e. The summed E-state index contributed by atoms with van der Waals surface area (Å²) in [6.07, 6.45) is 7.37. The van der Waals surface area contributed by atoms with Crippen LogP contribution in [0.5, 0.6) is 0 Å². The first kappa shape index (κ1) is 22.5. The fourth-order valence-electron chi connectivity index (χ4n) is 3.65. The Bertz CT molecular complexity index is 846. The van der Waals surface area contributed by atoms with Crippen LogP contribution in [0, 0.1) is 0 Å². The Morgan fingerprint density at radius 2 is 1.45 bits per heavy atom. The van der Waals surface area contributed by atoms with Crippen molar-refractivity contribution in [3.8, 4) is 0 Å². The van der Waals surface area contributed by atoms with Crippen LogP contribution < -0.4 is 11.1 Å². The molecule has 5 heteroatoms. The Morgan fingerprint density at radius 3 is 1.97 bits per heavy atom. The van der Waals surface area contributed by atoms with Crippen LogP contribution in [0.2, 0.25) is 0 Å². The molecule has 0 atom stereocenters. The molecule has 0 unspecified atom stereocenters. The van der Waals surface area contributed by atoms with Gasteiger partial charge in [-0.1, -0.05) is 12.1 Å². The third-order valence-electron chi connectivity index (χ3n) is 4.89. The number of nitrogens with two attached hydrogens (primary N) is 1. The zero-order valence-electron chi connectivity index (χ0n) is 17.7. The molecule has 0 fully saturated rings. The van der Waals surface area contributed by atoms with E-state index in [1.54, 1.807) is 6.92 Å². The summed E-state index contributed by atoms with van der Waals surface area (Å²) in [5.74, 6) is -0.213. The number of anilines is 2. The average molecular weight is 397 g/mol. The van der Waals surface area contributed by atoms with Gasteiger partial charge in [0.05, 0.1) is 6.61 Å². The monoisotopic (exact) mass is 396 g/mol. The Labute approximate surface area is 173 Å². The third kappa shape index (κ3) is 7.60. The predicted molar refractivity (Wildman–Crippen MR) is 118 cm³/mol. The summed E-state index contributed by atoms with van der Waals surface area (Å²) in [6.45, 7) is 5.19. The molecule has 0 bridgehead atoms. The lowest BCUT2D eigenvalue weighted by molar-refractivity contribution is -0.140. The van der Waals surface area contributed by atoms with Gasteiger partial charge in [0.2, 0.25) is 5.91 Å². The number of nitrogen functional groups attached to an aromatic ring is 1. The molecule has 0 saturated carbocycles. The summed E-state index contributed by atoms with van der Waals surface area (Å²) < 4.78 is 4.40. The van der Waals surface area contributed by atoms with E-state index in [1.807, 2.05) is 12.1 Å². The van der Waals surface area contributed by atoms with Gasteiger partial charge in [-0.15, -0.1) is 0 Å². The number of fused-ring (bicyclic) bond motifs is 2. The van der Waals surface area contributed by atoms with Gasteiger partial charge in [0.25, 0.3) is 0 Å². The molecule has 0 radical (unpaired) electrons. The van der Waals surface area contributed by atoms with Crippen molar-refractivity contribution in [2.24, 2.45) is 0 Å². The molecule has 2 aromatic carbocycles. The summed E-state index contributed by atoms with van der Waals surface area (Å²) in [7, 11) is 0. The van der Waals surface area contributed by atoms with E-state index in [0.717, 1.165) is 17.8 Å². The number of carbonyl (C=O) groups is 2. The molecule has 2 aromatic rings. The number of rotatable bonds is 2. The molecule has 1 amide bonds. The number of esters is 1. The van der Waals surface area contributed by atoms with E-state index < -0.39 is 0 Å². The van der Waals surface area contributed by atoms with Gasteiger partial charge in [-0.3, -0.25) is 9.59 Å². The normalized spacial score (nSPS) is 13.1. The van der Waals surface area contributed by atoms with Crippen molar-refractivity contribution < 1.29 is 14.3 Å². The number of ether oxygens (including phenoxy) is 1. The first-order chi connectivity index (χ1) is 13.9. The van der Waals surface area contributed by atoms with Crippen molar-refractivity contribution in [2.45, 2.75) is 59.3 Å². The number of hydrogen-bond donors (Lipinski definition) is 2. The molecule has 4 rings (SSSR count). The highest BCUT2D eigenvalue weighted by atomic mass is 16.5. The molecular weight excluding hydrogens is 364 g/mol. The minimum Gasteiger partial charge on any atom is -0.466 e. The van der Waals surface area contributed by atoms with Gasteiger partial charge in [0, 0.05) is 25.2 Å². The minimum absolute atomic E-state index is 0.00190. The van der Waals surface area contributed by atoms with Crippen LogP contribution in [0.25, 0.3) is 0 Å². The molecule has 0 spiro atoms. The van der Waals surface area contributed by atoms with E-state index in [0.29, 0.717) is 6.61 Å². The highest BCUT2D eigenvalue weighted by molar-refractivity contribution is 5.88. The number of amides is 1. The van der Waals surface area contributed by atoms with Crippen LogP contribution >= 0.6 is 0 Å². The molecule has 2 aliphatic rings. The maximum atomic E-state index is 10.8.